The van der Waals surface area contributed by atoms with E-state index in [4.69, 9.17) is 11.6 Å². The number of aromatic amines is 1. The Bertz CT molecular complexity index is 475. The number of hydrogen-bond acceptors (Lipinski definition) is 4. The summed E-state index contributed by atoms with van der Waals surface area (Å²) in [7, 11) is 0. The topological polar surface area (TPSA) is 72.5 Å². The van der Waals surface area contributed by atoms with Gasteiger partial charge in [0.25, 0.3) is 0 Å². The van der Waals surface area contributed by atoms with E-state index in [1.165, 1.54) is 6.33 Å². The molecule has 0 aromatic carbocycles. The van der Waals surface area contributed by atoms with Crippen molar-refractivity contribution < 1.29 is 9.90 Å². The normalized spacial score (nSPS) is 20.0. The zero-order valence-electron chi connectivity index (χ0n) is 12.1. The van der Waals surface area contributed by atoms with E-state index >= 15 is 0 Å². The summed E-state index contributed by atoms with van der Waals surface area (Å²) in [5, 5.41) is 9.72. The molecule has 2 heterocycles. The Morgan fingerprint density at radius 3 is 2.40 bits per heavy atom. The second-order valence-electron chi connectivity index (χ2n) is 6.04. The first-order valence-electron chi connectivity index (χ1n) is 6.71. The molecule has 0 saturated carbocycles. The summed E-state index contributed by atoms with van der Waals surface area (Å²) in [6, 6.07) is -0.757. The molecule has 1 atom stereocenters. The minimum atomic E-state index is -0.902. The first kappa shape index (κ1) is 15.3. The fourth-order valence-corrected chi connectivity index (χ4v) is 2.80. The average Bonchev–Trinajstić information content (AvgIpc) is 2.75. The van der Waals surface area contributed by atoms with Gasteiger partial charge in [0.15, 0.2) is 11.2 Å². The van der Waals surface area contributed by atoms with E-state index in [9.17, 15) is 9.90 Å². The number of nitrogens with zero attached hydrogens (tertiary/aromatic N) is 3. The monoisotopic (exact) mass is 300 g/mol. The maximum absolute atomic E-state index is 11.6. The van der Waals surface area contributed by atoms with Gasteiger partial charge >= 0.3 is 5.97 Å². The minimum Gasteiger partial charge on any atom is -0.480 e. The van der Waals surface area contributed by atoms with Gasteiger partial charge in [-0.1, -0.05) is 11.6 Å². The van der Waals surface area contributed by atoms with E-state index in [1.807, 2.05) is 4.90 Å². The third-order valence-corrected chi connectivity index (χ3v) is 4.06. The first-order valence-corrected chi connectivity index (χ1v) is 7.09. The number of aromatic nitrogens is 2. The number of carbonyl (C=O) groups is 1. The van der Waals surface area contributed by atoms with Gasteiger partial charge in [0.2, 0.25) is 0 Å². The molecule has 0 bridgehead atoms. The van der Waals surface area contributed by atoms with Gasteiger partial charge in [-0.25, -0.2) is 4.98 Å². The number of carboxylic acids is 1. The van der Waals surface area contributed by atoms with Crippen molar-refractivity contribution in [3.63, 3.8) is 0 Å². The third-order valence-electron chi connectivity index (χ3n) is 3.76. The first-order chi connectivity index (χ1) is 9.30. The van der Waals surface area contributed by atoms with Crippen molar-refractivity contribution in [2.24, 2.45) is 0 Å². The molecule has 112 valence electrons. The Labute approximate surface area is 123 Å². The number of rotatable bonds is 3. The molecule has 1 fully saturated rings. The smallest absolute Gasteiger partial charge is 0.327 e. The Balaban J connectivity index is 2.11. The average molecular weight is 301 g/mol. The van der Waals surface area contributed by atoms with Crippen LogP contribution >= 0.6 is 11.6 Å². The number of aliphatic carboxylic acids is 1. The molecule has 0 radical (unpaired) electrons. The Hall–Kier alpha value is -1.11. The number of hydrogen-bond donors (Lipinski definition) is 2. The van der Waals surface area contributed by atoms with Gasteiger partial charge in [-0.3, -0.25) is 14.6 Å². The number of carboxylic acid groups (broad SMARTS) is 1. The lowest BCUT2D eigenvalue weighted by molar-refractivity contribution is -0.144. The van der Waals surface area contributed by atoms with Crippen molar-refractivity contribution in [3.05, 3.63) is 17.2 Å². The molecule has 1 aromatic heterocycles. The SMILES string of the molecule is CC(C)(C)N1CCN(C(C(=O)O)c2[nH]cnc2Cl)CC1. The van der Waals surface area contributed by atoms with E-state index in [2.05, 4.69) is 35.6 Å². The van der Waals surface area contributed by atoms with Crippen molar-refractivity contribution in [1.82, 2.24) is 19.8 Å². The van der Waals surface area contributed by atoms with Gasteiger partial charge in [-0.2, -0.15) is 0 Å². The van der Waals surface area contributed by atoms with Gasteiger partial charge in [-0.05, 0) is 20.8 Å². The van der Waals surface area contributed by atoms with Crippen molar-refractivity contribution in [1.29, 1.82) is 0 Å². The number of halogens is 1. The maximum atomic E-state index is 11.6. The predicted octanol–water partition coefficient (Wildman–Crippen LogP) is 1.60. The second-order valence-corrected chi connectivity index (χ2v) is 6.40. The molecule has 0 spiro atoms. The Morgan fingerprint density at radius 1 is 1.40 bits per heavy atom. The van der Waals surface area contributed by atoms with Gasteiger partial charge in [0.05, 0.1) is 12.0 Å². The molecule has 1 aromatic rings. The molecule has 2 N–H and O–H groups in total. The predicted molar refractivity (Wildman–Crippen MR) is 76.9 cm³/mol. The summed E-state index contributed by atoms with van der Waals surface area (Å²) in [5.74, 6) is -0.902. The van der Waals surface area contributed by atoms with Crippen LogP contribution in [0.1, 0.15) is 32.5 Å². The fraction of sp³-hybridized carbons (Fsp3) is 0.692. The highest BCUT2D eigenvalue weighted by Crippen LogP contribution is 2.27. The number of piperazine rings is 1. The van der Waals surface area contributed by atoms with Crippen molar-refractivity contribution >= 4 is 17.6 Å². The molecular weight excluding hydrogens is 280 g/mol. The van der Waals surface area contributed by atoms with Gasteiger partial charge in [-0.15, -0.1) is 0 Å². The molecular formula is C13H21ClN4O2. The number of H-pyrrole nitrogens is 1. The fourth-order valence-electron chi connectivity index (χ4n) is 2.59. The number of nitrogens with one attached hydrogen (secondary N) is 1. The molecule has 0 amide bonds. The van der Waals surface area contributed by atoms with Crippen LogP contribution in [0.2, 0.25) is 5.15 Å². The molecule has 1 saturated heterocycles. The van der Waals surface area contributed by atoms with Crippen LogP contribution in [-0.2, 0) is 4.79 Å². The third kappa shape index (κ3) is 3.13. The molecule has 1 unspecified atom stereocenters. The molecule has 2 rings (SSSR count). The van der Waals surface area contributed by atoms with Crippen LogP contribution in [0.3, 0.4) is 0 Å². The van der Waals surface area contributed by atoms with Crippen molar-refractivity contribution in [2.75, 3.05) is 26.2 Å². The van der Waals surface area contributed by atoms with Gasteiger partial charge in [0.1, 0.15) is 0 Å². The standard InChI is InChI=1S/C13H21ClN4O2/c1-13(2,3)18-6-4-17(5-7-18)10(12(19)20)9-11(14)16-8-15-9/h8,10H,4-7H2,1-3H3,(H,15,16)(H,19,20). The van der Waals surface area contributed by atoms with E-state index in [-0.39, 0.29) is 10.7 Å². The molecule has 7 heteroatoms. The summed E-state index contributed by atoms with van der Waals surface area (Å²) >= 11 is 5.96. The highest BCUT2D eigenvalue weighted by Gasteiger charge is 2.35. The van der Waals surface area contributed by atoms with E-state index in [0.29, 0.717) is 18.8 Å². The second kappa shape index (κ2) is 5.71. The van der Waals surface area contributed by atoms with Crippen molar-refractivity contribution in [2.45, 2.75) is 32.4 Å². The molecule has 1 aliphatic heterocycles. The summed E-state index contributed by atoms with van der Waals surface area (Å²) in [4.78, 5) is 22.6. The van der Waals surface area contributed by atoms with Crippen LogP contribution in [-0.4, -0.2) is 62.6 Å². The molecule has 0 aliphatic carbocycles. The highest BCUT2D eigenvalue weighted by molar-refractivity contribution is 6.30. The van der Waals surface area contributed by atoms with Crippen LogP contribution in [0.15, 0.2) is 6.33 Å². The van der Waals surface area contributed by atoms with Crippen LogP contribution in [0.25, 0.3) is 0 Å². The lowest BCUT2D eigenvalue weighted by Gasteiger charge is -2.43. The van der Waals surface area contributed by atoms with Crippen molar-refractivity contribution in [3.8, 4) is 0 Å². The Kier molecular flexibility index (Phi) is 4.36. The quantitative estimate of drug-likeness (QED) is 0.887. The molecule has 6 nitrogen and oxygen atoms in total. The van der Waals surface area contributed by atoms with Crippen LogP contribution < -0.4 is 0 Å². The van der Waals surface area contributed by atoms with E-state index in [1.54, 1.807) is 0 Å². The lowest BCUT2D eigenvalue weighted by atomic mass is 10.0. The molecule has 20 heavy (non-hydrogen) atoms. The largest absolute Gasteiger partial charge is 0.480 e. The number of imidazole rings is 1. The van der Waals surface area contributed by atoms with E-state index in [0.717, 1.165) is 13.1 Å². The summed E-state index contributed by atoms with van der Waals surface area (Å²) in [6.07, 6.45) is 1.43. The van der Waals surface area contributed by atoms with Gasteiger partial charge in [0, 0.05) is 31.7 Å². The Morgan fingerprint density at radius 2 is 2.00 bits per heavy atom. The molecule has 1 aliphatic rings. The van der Waals surface area contributed by atoms with Crippen LogP contribution in [0, 0.1) is 0 Å². The summed E-state index contributed by atoms with van der Waals surface area (Å²) in [6.45, 7) is 9.60. The minimum absolute atomic E-state index is 0.108. The van der Waals surface area contributed by atoms with E-state index < -0.39 is 12.0 Å². The van der Waals surface area contributed by atoms with Crippen LogP contribution in [0.4, 0.5) is 0 Å². The summed E-state index contributed by atoms with van der Waals surface area (Å²) in [5.41, 5.74) is 0.569. The highest BCUT2D eigenvalue weighted by atomic mass is 35.5. The summed E-state index contributed by atoms with van der Waals surface area (Å²) < 4.78 is 0. The maximum Gasteiger partial charge on any atom is 0.327 e. The zero-order valence-corrected chi connectivity index (χ0v) is 12.8. The van der Waals surface area contributed by atoms with Gasteiger partial charge < -0.3 is 10.1 Å². The lowest BCUT2D eigenvalue weighted by Crippen LogP contribution is -2.54. The zero-order chi connectivity index (χ0) is 14.9. The van der Waals surface area contributed by atoms with Crippen LogP contribution in [0.5, 0.6) is 0 Å².